The minimum Gasteiger partial charge on any atom is -0.354 e. The molecular formula is C23H30N2. The Kier molecular flexibility index (Phi) is 4.69. The van der Waals surface area contributed by atoms with E-state index in [0.717, 1.165) is 19.6 Å². The number of hydrogen-bond acceptors (Lipinski definition) is 2. The van der Waals surface area contributed by atoms with Crippen LogP contribution in [0.15, 0.2) is 35.1 Å². The summed E-state index contributed by atoms with van der Waals surface area (Å²) in [5.41, 5.74) is 9.60. The van der Waals surface area contributed by atoms with E-state index in [2.05, 4.69) is 75.5 Å². The standard InChI is InChI=1S/C23H30N2/c1-8-21-13-24(22-17(4)9-15(2)10-18(22)5)14-25(21)23-19(6)11-16(3)12-20(23)7/h1,9,11-12,18,21H,10,13-14H2,2-7H3/t18-,21?/m0/s1. The summed E-state index contributed by atoms with van der Waals surface area (Å²) in [6.07, 6.45) is 9.41. The zero-order valence-corrected chi connectivity index (χ0v) is 16.5. The fourth-order valence-electron chi connectivity index (χ4n) is 4.85. The Balaban J connectivity index is 1.98. The molecule has 1 fully saturated rings. The topological polar surface area (TPSA) is 6.48 Å². The van der Waals surface area contributed by atoms with E-state index in [1.54, 1.807) is 0 Å². The highest BCUT2D eigenvalue weighted by atomic mass is 15.4. The molecule has 1 aliphatic carbocycles. The molecule has 3 rings (SSSR count). The van der Waals surface area contributed by atoms with Crippen LogP contribution in [0.25, 0.3) is 0 Å². The number of rotatable bonds is 2. The lowest BCUT2D eigenvalue weighted by atomic mass is 9.89. The van der Waals surface area contributed by atoms with Crippen LogP contribution in [-0.2, 0) is 0 Å². The monoisotopic (exact) mass is 334 g/mol. The molecule has 0 saturated carbocycles. The van der Waals surface area contributed by atoms with E-state index < -0.39 is 0 Å². The van der Waals surface area contributed by atoms with Gasteiger partial charge in [-0.05, 0) is 57.7 Å². The van der Waals surface area contributed by atoms with Gasteiger partial charge in [-0.2, -0.15) is 0 Å². The van der Waals surface area contributed by atoms with Crippen molar-refractivity contribution < 1.29 is 0 Å². The normalized spacial score (nSPS) is 23.8. The third-order valence-electron chi connectivity index (χ3n) is 5.51. The van der Waals surface area contributed by atoms with Crippen molar-refractivity contribution in [1.29, 1.82) is 0 Å². The van der Waals surface area contributed by atoms with Crippen molar-refractivity contribution in [1.82, 2.24) is 4.90 Å². The van der Waals surface area contributed by atoms with Crippen LogP contribution in [0.3, 0.4) is 0 Å². The molecule has 2 aliphatic rings. The Hall–Kier alpha value is -2.14. The van der Waals surface area contributed by atoms with Crippen LogP contribution in [0, 0.1) is 39.0 Å². The first-order valence-corrected chi connectivity index (χ1v) is 9.25. The molecule has 2 nitrogen and oxygen atoms in total. The predicted octanol–water partition coefficient (Wildman–Crippen LogP) is 4.95. The molecule has 0 bridgehead atoms. The second-order valence-corrected chi connectivity index (χ2v) is 7.93. The van der Waals surface area contributed by atoms with Crippen molar-refractivity contribution in [3.8, 4) is 12.3 Å². The van der Waals surface area contributed by atoms with E-state index >= 15 is 0 Å². The van der Waals surface area contributed by atoms with Gasteiger partial charge < -0.3 is 9.80 Å². The Morgan fingerprint density at radius 3 is 2.28 bits per heavy atom. The lowest BCUT2D eigenvalue weighted by Crippen LogP contribution is -2.31. The number of benzene rings is 1. The lowest BCUT2D eigenvalue weighted by molar-refractivity contribution is 0.360. The zero-order chi connectivity index (χ0) is 18.3. The molecule has 1 aliphatic heterocycles. The van der Waals surface area contributed by atoms with Crippen molar-refractivity contribution in [2.75, 3.05) is 18.1 Å². The number of hydrogen-bond donors (Lipinski definition) is 0. The number of aryl methyl sites for hydroxylation is 3. The molecule has 2 atom stereocenters. The average molecular weight is 335 g/mol. The summed E-state index contributed by atoms with van der Waals surface area (Å²) in [4.78, 5) is 4.93. The Morgan fingerprint density at radius 2 is 1.72 bits per heavy atom. The van der Waals surface area contributed by atoms with Crippen LogP contribution >= 0.6 is 0 Å². The Labute approximate surface area is 153 Å². The van der Waals surface area contributed by atoms with E-state index in [1.807, 2.05) is 0 Å². The van der Waals surface area contributed by atoms with Gasteiger partial charge >= 0.3 is 0 Å². The van der Waals surface area contributed by atoms with Crippen molar-refractivity contribution in [2.45, 2.75) is 54.0 Å². The molecular weight excluding hydrogens is 304 g/mol. The third-order valence-corrected chi connectivity index (χ3v) is 5.51. The summed E-state index contributed by atoms with van der Waals surface area (Å²) in [7, 11) is 0. The summed E-state index contributed by atoms with van der Waals surface area (Å²) < 4.78 is 0. The highest BCUT2D eigenvalue weighted by molar-refractivity contribution is 5.62. The maximum absolute atomic E-state index is 5.93. The molecule has 0 aromatic heterocycles. The molecule has 0 amide bonds. The molecule has 1 saturated heterocycles. The molecule has 1 unspecified atom stereocenters. The highest BCUT2D eigenvalue weighted by Gasteiger charge is 2.34. The lowest BCUT2D eigenvalue weighted by Gasteiger charge is -2.32. The minimum absolute atomic E-state index is 0.125. The van der Waals surface area contributed by atoms with Crippen LogP contribution in [0.1, 0.15) is 43.9 Å². The quantitative estimate of drug-likeness (QED) is 0.706. The highest BCUT2D eigenvalue weighted by Crippen LogP contribution is 2.37. The molecule has 0 radical (unpaired) electrons. The average Bonchev–Trinajstić information content (AvgIpc) is 2.88. The smallest absolute Gasteiger partial charge is 0.109 e. The van der Waals surface area contributed by atoms with E-state index in [1.165, 1.54) is 39.2 Å². The fourth-order valence-corrected chi connectivity index (χ4v) is 4.85. The first kappa shape index (κ1) is 17.7. The predicted molar refractivity (Wildman–Crippen MR) is 108 cm³/mol. The Morgan fingerprint density at radius 1 is 1.08 bits per heavy atom. The van der Waals surface area contributed by atoms with Crippen LogP contribution in [-0.4, -0.2) is 24.2 Å². The molecule has 1 heterocycles. The van der Waals surface area contributed by atoms with Gasteiger partial charge in [-0.1, -0.05) is 42.2 Å². The molecule has 0 spiro atoms. The fraction of sp³-hybridized carbons (Fsp3) is 0.478. The van der Waals surface area contributed by atoms with E-state index in [4.69, 9.17) is 6.42 Å². The molecule has 0 N–H and O–H groups in total. The Bertz CT molecular complexity index is 768. The van der Waals surface area contributed by atoms with E-state index in [0.29, 0.717) is 5.92 Å². The molecule has 1 aromatic carbocycles. The molecule has 1 aromatic rings. The van der Waals surface area contributed by atoms with Crippen molar-refractivity contribution in [3.63, 3.8) is 0 Å². The van der Waals surface area contributed by atoms with Gasteiger partial charge in [0.15, 0.2) is 0 Å². The van der Waals surface area contributed by atoms with E-state index in [-0.39, 0.29) is 6.04 Å². The van der Waals surface area contributed by atoms with Gasteiger partial charge in [0.05, 0.1) is 13.2 Å². The summed E-state index contributed by atoms with van der Waals surface area (Å²) >= 11 is 0. The van der Waals surface area contributed by atoms with Gasteiger partial charge in [0.2, 0.25) is 0 Å². The summed E-state index contributed by atoms with van der Waals surface area (Å²) in [5.74, 6) is 3.59. The number of allylic oxidation sites excluding steroid dienone is 4. The van der Waals surface area contributed by atoms with Crippen molar-refractivity contribution in [2.24, 2.45) is 5.92 Å². The van der Waals surface area contributed by atoms with Gasteiger partial charge in [0, 0.05) is 17.3 Å². The van der Waals surface area contributed by atoms with Gasteiger partial charge in [0.1, 0.15) is 6.04 Å². The van der Waals surface area contributed by atoms with Crippen LogP contribution in [0.2, 0.25) is 0 Å². The van der Waals surface area contributed by atoms with Gasteiger partial charge in [-0.15, -0.1) is 6.42 Å². The maximum atomic E-state index is 5.93. The van der Waals surface area contributed by atoms with Crippen molar-refractivity contribution >= 4 is 5.69 Å². The van der Waals surface area contributed by atoms with Gasteiger partial charge in [0.25, 0.3) is 0 Å². The minimum atomic E-state index is 0.125. The number of anilines is 1. The molecule has 2 heteroatoms. The summed E-state index contributed by atoms with van der Waals surface area (Å²) in [5, 5.41) is 0. The van der Waals surface area contributed by atoms with Gasteiger partial charge in [-0.3, -0.25) is 0 Å². The number of nitrogens with zero attached hydrogens (tertiary/aromatic N) is 2. The molecule has 132 valence electrons. The van der Waals surface area contributed by atoms with E-state index in [9.17, 15) is 0 Å². The number of terminal acetylenes is 1. The maximum Gasteiger partial charge on any atom is 0.109 e. The SMILES string of the molecule is C#CC1CN(C2=C(C)C=C(C)C[C@@H]2C)CN1c1c(C)cc(C)cc1C. The van der Waals surface area contributed by atoms with Crippen molar-refractivity contribution in [3.05, 3.63) is 51.7 Å². The zero-order valence-electron chi connectivity index (χ0n) is 16.5. The summed E-state index contributed by atoms with van der Waals surface area (Å²) in [6.45, 7) is 15.2. The first-order chi connectivity index (χ1) is 11.8. The van der Waals surface area contributed by atoms with Gasteiger partial charge in [-0.25, -0.2) is 0 Å². The largest absolute Gasteiger partial charge is 0.354 e. The third kappa shape index (κ3) is 3.21. The first-order valence-electron chi connectivity index (χ1n) is 9.25. The van der Waals surface area contributed by atoms with Crippen LogP contribution in [0.5, 0.6) is 0 Å². The second-order valence-electron chi connectivity index (χ2n) is 7.93. The molecule has 25 heavy (non-hydrogen) atoms. The van der Waals surface area contributed by atoms with Crippen LogP contribution in [0.4, 0.5) is 5.69 Å². The summed E-state index contributed by atoms with van der Waals surface area (Å²) in [6, 6.07) is 4.65. The second kappa shape index (κ2) is 6.64. The van der Waals surface area contributed by atoms with Crippen LogP contribution < -0.4 is 4.90 Å².